The second kappa shape index (κ2) is 7.73. The summed E-state index contributed by atoms with van der Waals surface area (Å²) in [5, 5.41) is 5.02. The molecule has 1 heterocycles. The SMILES string of the molecule is CCOc1nc(SC)ncc1CNc1c(Cl)cccc1Cl. The number of ether oxygens (including phenoxy) is 1. The first-order valence-corrected chi connectivity index (χ1v) is 8.34. The number of nitrogens with zero attached hydrogens (tertiary/aromatic N) is 2. The Balaban J connectivity index is 2.19. The van der Waals surface area contributed by atoms with E-state index >= 15 is 0 Å². The summed E-state index contributed by atoms with van der Waals surface area (Å²) in [4.78, 5) is 8.62. The number of hydrogen-bond donors (Lipinski definition) is 1. The Hall–Kier alpha value is -1.17. The van der Waals surface area contributed by atoms with Crippen LogP contribution in [0.3, 0.4) is 0 Å². The predicted molar refractivity (Wildman–Crippen MR) is 88.8 cm³/mol. The minimum atomic E-state index is 0.480. The van der Waals surface area contributed by atoms with E-state index in [0.29, 0.717) is 39.9 Å². The number of benzene rings is 1. The van der Waals surface area contributed by atoms with E-state index in [1.165, 1.54) is 11.8 Å². The summed E-state index contributed by atoms with van der Waals surface area (Å²) in [5.74, 6) is 0.576. The van der Waals surface area contributed by atoms with Crippen molar-refractivity contribution < 1.29 is 4.74 Å². The molecular weight excluding hydrogens is 329 g/mol. The number of halogens is 2. The monoisotopic (exact) mass is 343 g/mol. The van der Waals surface area contributed by atoms with Crippen LogP contribution < -0.4 is 10.1 Å². The summed E-state index contributed by atoms with van der Waals surface area (Å²) in [6.45, 7) is 2.95. The van der Waals surface area contributed by atoms with Crippen molar-refractivity contribution in [3.05, 3.63) is 40.0 Å². The summed E-state index contributed by atoms with van der Waals surface area (Å²) >= 11 is 13.7. The summed E-state index contributed by atoms with van der Waals surface area (Å²) < 4.78 is 5.56. The molecule has 0 saturated heterocycles. The van der Waals surface area contributed by atoms with Gasteiger partial charge in [-0.05, 0) is 25.3 Å². The van der Waals surface area contributed by atoms with Gasteiger partial charge in [0.15, 0.2) is 5.16 Å². The van der Waals surface area contributed by atoms with Crippen LogP contribution in [0.5, 0.6) is 5.88 Å². The smallest absolute Gasteiger partial charge is 0.222 e. The second-order valence-corrected chi connectivity index (χ2v) is 5.66. The van der Waals surface area contributed by atoms with E-state index in [9.17, 15) is 0 Å². The molecule has 1 aromatic heterocycles. The zero-order valence-electron chi connectivity index (χ0n) is 11.7. The average Bonchev–Trinajstić information content (AvgIpc) is 2.48. The van der Waals surface area contributed by atoms with Gasteiger partial charge in [-0.3, -0.25) is 0 Å². The molecule has 2 aromatic rings. The number of para-hydroxylation sites is 1. The molecule has 1 aromatic carbocycles. The van der Waals surface area contributed by atoms with Crippen molar-refractivity contribution in [3.63, 3.8) is 0 Å². The maximum Gasteiger partial charge on any atom is 0.222 e. The van der Waals surface area contributed by atoms with Gasteiger partial charge in [-0.2, -0.15) is 4.98 Å². The Bertz CT molecular complexity index is 605. The van der Waals surface area contributed by atoms with E-state index in [1.54, 1.807) is 24.4 Å². The fourth-order valence-corrected chi connectivity index (χ4v) is 2.57. The standard InChI is InChI=1S/C14H15Cl2N3OS/c1-3-20-13-9(8-18-14(19-13)21-2)7-17-12-10(15)5-4-6-11(12)16/h4-6,8,17H,3,7H2,1-2H3. The molecule has 0 amide bonds. The Morgan fingerprint density at radius 2 is 2.00 bits per heavy atom. The van der Waals surface area contributed by atoms with Gasteiger partial charge in [-0.25, -0.2) is 4.98 Å². The van der Waals surface area contributed by atoms with Crippen LogP contribution in [0.15, 0.2) is 29.6 Å². The molecule has 112 valence electrons. The highest BCUT2D eigenvalue weighted by Crippen LogP contribution is 2.30. The van der Waals surface area contributed by atoms with Crippen molar-refractivity contribution in [2.75, 3.05) is 18.2 Å². The first kappa shape index (κ1) is 16.2. The average molecular weight is 344 g/mol. The Morgan fingerprint density at radius 3 is 2.62 bits per heavy atom. The van der Waals surface area contributed by atoms with Crippen molar-refractivity contribution in [2.24, 2.45) is 0 Å². The zero-order valence-corrected chi connectivity index (χ0v) is 14.0. The summed E-state index contributed by atoms with van der Waals surface area (Å²) in [5.41, 5.74) is 1.54. The molecule has 0 atom stereocenters. The van der Waals surface area contributed by atoms with Crippen LogP contribution in [-0.2, 0) is 6.54 Å². The molecule has 4 nitrogen and oxygen atoms in total. The van der Waals surface area contributed by atoms with E-state index < -0.39 is 0 Å². The molecule has 7 heteroatoms. The summed E-state index contributed by atoms with van der Waals surface area (Å²) in [6.07, 6.45) is 3.67. The van der Waals surface area contributed by atoms with Crippen molar-refractivity contribution in [3.8, 4) is 5.88 Å². The summed E-state index contributed by atoms with van der Waals surface area (Å²) in [6, 6.07) is 5.37. The van der Waals surface area contributed by atoms with Crippen molar-refractivity contribution >= 4 is 40.7 Å². The second-order valence-electron chi connectivity index (χ2n) is 4.07. The fourth-order valence-electron chi connectivity index (χ4n) is 1.71. The highest BCUT2D eigenvalue weighted by Gasteiger charge is 2.10. The molecule has 0 aliphatic carbocycles. The zero-order chi connectivity index (χ0) is 15.2. The maximum absolute atomic E-state index is 6.13. The molecule has 0 radical (unpaired) electrons. The molecule has 0 aliphatic heterocycles. The van der Waals surface area contributed by atoms with Gasteiger partial charge in [0.05, 0.1) is 27.9 Å². The molecular formula is C14H15Cl2N3OS. The van der Waals surface area contributed by atoms with Gasteiger partial charge in [0.2, 0.25) is 5.88 Å². The van der Waals surface area contributed by atoms with E-state index in [1.807, 2.05) is 13.2 Å². The molecule has 0 aliphatic rings. The van der Waals surface area contributed by atoms with Crippen LogP contribution in [0, 0.1) is 0 Å². The highest BCUT2D eigenvalue weighted by molar-refractivity contribution is 7.98. The minimum Gasteiger partial charge on any atom is -0.478 e. The molecule has 0 saturated carbocycles. The van der Waals surface area contributed by atoms with Crippen LogP contribution in [0.2, 0.25) is 10.0 Å². The van der Waals surface area contributed by atoms with Crippen LogP contribution in [0.1, 0.15) is 12.5 Å². The summed E-state index contributed by atoms with van der Waals surface area (Å²) in [7, 11) is 0. The quantitative estimate of drug-likeness (QED) is 0.617. The van der Waals surface area contributed by atoms with Gasteiger partial charge >= 0.3 is 0 Å². The Labute approximate surface area is 138 Å². The number of anilines is 1. The first-order chi connectivity index (χ1) is 10.2. The van der Waals surface area contributed by atoms with Gasteiger partial charge < -0.3 is 10.1 Å². The van der Waals surface area contributed by atoms with Crippen molar-refractivity contribution in [1.82, 2.24) is 9.97 Å². The molecule has 0 fully saturated rings. The number of nitrogens with one attached hydrogen (secondary N) is 1. The lowest BCUT2D eigenvalue weighted by molar-refractivity contribution is 0.319. The van der Waals surface area contributed by atoms with E-state index in [2.05, 4.69) is 15.3 Å². The lowest BCUT2D eigenvalue weighted by atomic mass is 10.2. The highest BCUT2D eigenvalue weighted by atomic mass is 35.5. The normalized spacial score (nSPS) is 10.5. The molecule has 21 heavy (non-hydrogen) atoms. The van der Waals surface area contributed by atoms with Gasteiger partial charge in [0.25, 0.3) is 0 Å². The Morgan fingerprint density at radius 1 is 1.29 bits per heavy atom. The number of hydrogen-bond acceptors (Lipinski definition) is 5. The minimum absolute atomic E-state index is 0.480. The number of aromatic nitrogens is 2. The third kappa shape index (κ3) is 4.15. The Kier molecular flexibility index (Phi) is 5.96. The number of thioether (sulfide) groups is 1. The molecule has 0 spiro atoms. The molecule has 1 N–H and O–H groups in total. The van der Waals surface area contributed by atoms with Crippen LogP contribution in [-0.4, -0.2) is 22.8 Å². The van der Waals surface area contributed by atoms with E-state index in [4.69, 9.17) is 27.9 Å². The van der Waals surface area contributed by atoms with Gasteiger partial charge in [0.1, 0.15) is 0 Å². The predicted octanol–water partition coefficient (Wildman–Crippen LogP) is 4.52. The van der Waals surface area contributed by atoms with Crippen molar-refractivity contribution in [2.45, 2.75) is 18.6 Å². The third-order valence-corrected chi connectivity index (χ3v) is 3.88. The van der Waals surface area contributed by atoms with E-state index in [0.717, 1.165) is 5.56 Å². The third-order valence-electron chi connectivity index (χ3n) is 2.68. The fraction of sp³-hybridized carbons (Fsp3) is 0.286. The van der Waals surface area contributed by atoms with Gasteiger partial charge in [-0.15, -0.1) is 0 Å². The lowest BCUT2D eigenvalue weighted by Gasteiger charge is -2.13. The maximum atomic E-state index is 6.13. The van der Waals surface area contributed by atoms with E-state index in [-0.39, 0.29) is 0 Å². The molecule has 0 bridgehead atoms. The number of rotatable bonds is 6. The van der Waals surface area contributed by atoms with Gasteiger partial charge in [-0.1, -0.05) is 41.0 Å². The van der Waals surface area contributed by atoms with Crippen LogP contribution in [0.25, 0.3) is 0 Å². The molecule has 2 rings (SSSR count). The van der Waals surface area contributed by atoms with Crippen LogP contribution >= 0.6 is 35.0 Å². The van der Waals surface area contributed by atoms with Gasteiger partial charge in [0, 0.05) is 12.7 Å². The van der Waals surface area contributed by atoms with Crippen LogP contribution in [0.4, 0.5) is 5.69 Å². The first-order valence-electron chi connectivity index (χ1n) is 6.36. The van der Waals surface area contributed by atoms with Crippen molar-refractivity contribution in [1.29, 1.82) is 0 Å². The largest absolute Gasteiger partial charge is 0.478 e. The lowest BCUT2D eigenvalue weighted by Crippen LogP contribution is -2.07. The topological polar surface area (TPSA) is 47.0 Å². The molecule has 0 unspecified atom stereocenters.